The summed E-state index contributed by atoms with van der Waals surface area (Å²) in [5, 5.41) is 2.19. The topological polar surface area (TPSA) is 75.7 Å². The molecule has 0 aromatic heterocycles. The second kappa shape index (κ2) is 6.36. The Morgan fingerprint density at radius 3 is 2.52 bits per heavy atom. The van der Waals surface area contributed by atoms with Crippen LogP contribution in [0.15, 0.2) is 18.2 Å². The lowest BCUT2D eigenvalue weighted by molar-refractivity contribution is -0.138. The molecule has 2 heterocycles. The average Bonchev–Trinajstić information content (AvgIpc) is 2.51. The van der Waals surface area contributed by atoms with Crippen molar-refractivity contribution in [3.8, 4) is 5.75 Å². The summed E-state index contributed by atoms with van der Waals surface area (Å²) in [5.41, 5.74) is 0.424. The Hall–Kier alpha value is -2.44. The van der Waals surface area contributed by atoms with Crippen LogP contribution >= 0.6 is 0 Å². The third-order valence-corrected chi connectivity index (χ3v) is 4.05. The largest absolute Gasteiger partial charge is 0.480 e. The Morgan fingerprint density at radius 2 is 1.87 bits per heavy atom. The molecule has 2 aliphatic heterocycles. The summed E-state index contributed by atoms with van der Waals surface area (Å²) in [6.45, 7) is 1.01. The van der Waals surface area contributed by atoms with Gasteiger partial charge in [-0.25, -0.2) is 4.39 Å². The number of carbonyl (C=O) groups is 3. The van der Waals surface area contributed by atoms with Gasteiger partial charge in [0.2, 0.25) is 5.91 Å². The van der Waals surface area contributed by atoms with Crippen LogP contribution in [0.3, 0.4) is 0 Å². The van der Waals surface area contributed by atoms with E-state index >= 15 is 0 Å². The number of hydrogen-bond donors (Lipinski definition) is 1. The molecule has 1 unspecified atom stereocenters. The number of Topliss-reactive ketones (excluding diaryl/α,β-unsaturated/α-hetero) is 1. The highest BCUT2D eigenvalue weighted by atomic mass is 19.1. The van der Waals surface area contributed by atoms with Crippen molar-refractivity contribution in [1.82, 2.24) is 5.32 Å². The number of rotatable bonds is 3. The van der Waals surface area contributed by atoms with E-state index in [1.165, 1.54) is 6.07 Å². The van der Waals surface area contributed by atoms with E-state index in [-0.39, 0.29) is 30.3 Å². The van der Waals surface area contributed by atoms with Gasteiger partial charge in [-0.1, -0.05) is 0 Å². The number of benzene rings is 1. The van der Waals surface area contributed by atoms with Crippen LogP contribution in [0.5, 0.6) is 5.75 Å². The van der Waals surface area contributed by atoms with Crippen LogP contribution in [0.25, 0.3) is 0 Å². The van der Waals surface area contributed by atoms with E-state index in [0.717, 1.165) is 0 Å². The van der Waals surface area contributed by atoms with Gasteiger partial charge in [0.1, 0.15) is 17.3 Å². The minimum atomic E-state index is -0.787. The van der Waals surface area contributed by atoms with Crippen molar-refractivity contribution in [1.29, 1.82) is 0 Å². The first-order valence-electron chi connectivity index (χ1n) is 7.59. The zero-order chi connectivity index (χ0) is 16.4. The van der Waals surface area contributed by atoms with Gasteiger partial charge in [-0.3, -0.25) is 19.7 Å². The molecule has 23 heavy (non-hydrogen) atoms. The maximum atomic E-state index is 14.3. The Kier molecular flexibility index (Phi) is 4.27. The number of nitrogens with zero attached hydrogens (tertiary/aromatic N) is 1. The van der Waals surface area contributed by atoms with Gasteiger partial charge in [-0.15, -0.1) is 0 Å². The number of amides is 2. The molecule has 1 aromatic rings. The van der Waals surface area contributed by atoms with Gasteiger partial charge in [0.05, 0.1) is 5.69 Å². The quantitative estimate of drug-likeness (QED) is 0.847. The number of piperidine rings is 2. The summed E-state index contributed by atoms with van der Waals surface area (Å²) in [7, 11) is 0. The lowest BCUT2D eigenvalue weighted by Crippen LogP contribution is -2.46. The second-order valence-corrected chi connectivity index (χ2v) is 5.70. The van der Waals surface area contributed by atoms with Crippen LogP contribution in [0.2, 0.25) is 0 Å². The molecule has 1 atom stereocenters. The van der Waals surface area contributed by atoms with Crippen molar-refractivity contribution in [2.24, 2.45) is 0 Å². The minimum Gasteiger partial charge on any atom is -0.480 e. The van der Waals surface area contributed by atoms with E-state index in [9.17, 15) is 18.8 Å². The van der Waals surface area contributed by atoms with Gasteiger partial charge in [-0.2, -0.15) is 0 Å². The van der Waals surface area contributed by atoms with Crippen LogP contribution in [0, 0.1) is 5.82 Å². The van der Waals surface area contributed by atoms with E-state index < -0.39 is 17.8 Å². The van der Waals surface area contributed by atoms with Gasteiger partial charge in [0.15, 0.2) is 6.10 Å². The summed E-state index contributed by atoms with van der Waals surface area (Å²) in [4.78, 5) is 35.8. The fourth-order valence-electron chi connectivity index (χ4n) is 2.76. The summed E-state index contributed by atoms with van der Waals surface area (Å²) in [6.07, 6.45) is 0.550. The summed E-state index contributed by atoms with van der Waals surface area (Å²) in [5.74, 6) is -0.839. The molecule has 2 fully saturated rings. The third kappa shape index (κ3) is 3.49. The van der Waals surface area contributed by atoms with Crippen LogP contribution in [0.4, 0.5) is 10.1 Å². The first-order chi connectivity index (χ1) is 11.0. The molecular weight excluding hydrogens is 303 g/mol. The zero-order valence-electron chi connectivity index (χ0n) is 12.5. The molecule has 0 saturated carbocycles. The fourth-order valence-corrected chi connectivity index (χ4v) is 2.76. The van der Waals surface area contributed by atoms with Crippen molar-refractivity contribution in [3.05, 3.63) is 24.0 Å². The number of ether oxygens (including phenoxy) is 1. The molecule has 0 bridgehead atoms. The smallest absolute Gasteiger partial charge is 0.267 e. The Balaban J connectivity index is 1.68. The number of halogens is 1. The number of carbonyl (C=O) groups excluding carboxylic acids is 3. The third-order valence-electron chi connectivity index (χ3n) is 4.05. The van der Waals surface area contributed by atoms with E-state index in [4.69, 9.17) is 4.74 Å². The van der Waals surface area contributed by atoms with Gasteiger partial charge in [0, 0.05) is 44.8 Å². The van der Waals surface area contributed by atoms with Crippen molar-refractivity contribution in [2.75, 3.05) is 18.0 Å². The van der Waals surface area contributed by atoms with Crippen molar-refractivity contribution in [3.63, 3.8) is 0 Å². The number of anilines is 1. The molecule has 2 amide bonds. The molecule has 7 heteroatoms. The first kappa shape index (κ1) is 15.5. The maximum Gasteiger partial charge on any atom is 0.267 e. The Bertz CT molecular complexity index is 651. The summed E-state index contributed by atoms with van der Waals surface area (Å²) in [6, 6.07) is 4.42. The van der Waals surface area contributed by atoms with Gasteiger partial charge in [-0.05, 0) is 12.1 Å². The highest BCUT2D eigenvalue weighted by Crippen LogP contribution is 2.27. The molecule has 0 radical (unpaired) electrons. The fraction of sp³-hybridized carbons (Fsp3) is 0.438. The number of ketones is 1. The Morgan fingerprint density at radius 1 is 1.13 bits per heavy atom. The minimum absolute atomic E-state index is 0.194. The van der Waals surface area contributed by atoms with E-state index in [1.807, 2.05) is 4.90 Å². The molecule has 2 aliphatic rings. The molecule has 0 spiro atoms. The summed E-state index contributed by atoms with van der Waals surface area (Å²) >= 11 is 0. The maximum absolute atomic E-state index is 14.3. The van der Waals surface area contributed by atoms with Gasteiger partial charge < -0.3 is 9.64 Å². The molecular formula is C16H17FN2O4. The highest BCUT2D eigenvalue weighted by Gasteiger charge is 2.28. The van der Waals surface area contributed by atoms with Crippen LogP contribution in [-0.4, -0.2) is 36.8 Å². The van der Waals surface area contributed by atoms with E-state index in [2.05, 4.69) is 5.32 Å². The molecule has 3 rings (SSSR count). The zero-order valence-corrected chi connectivity index (χ0v) is 12.5. The summed E-state index contributed by atoms with van der Waals surface area (Å²) < 4.78 is 19.8. The number of hydrogen-bond acceptors (Lipinski definition) is 5. The van der Waals surface area contributed by atoms with Crippen molar-refractivity contribution < 1.29 is 23.5 Å². The average molecular weight is 320 g/mol. The van der Waals surface area contributed by atoms with Crippen molar-refractivity contribution in [2.45, 2.75) is 31.8 Å². The monoisotopic (exact) mass is 320 g/mol. The number of nitrogens with one attached hydrogen (secondary N) is 1. The van der Waals surface area contributed by atoms with Crippen LogP contribution in [0.1, 0.15) is 25.7 Å². The standard InChI is InChI=1S/C16H17FN2O4/c17-12-9-11(23-14-3-4-15(21)18-16(14)22)1-2-13(12)19-7-5-10(20)6-8-19/h1-2,9,14H,3-8H2,(H,18,21,22). The van der Waals surface area contributed by atoms with Crippen LogP contribution < -0.4 is 15.0 Å². The van der Waals surface area contributed by atoms with Crippen molar-refractivity contribution >= 4 is 23.3 Å². The SMILES string of the molecule is O=C1CCN(c2ccc(OC3CCC(=O)NC3=O)cc2F)CC1. The first-order valence-corrected chi connectivity index (χ1v) is 7.59. The van der Waals surface area contributed by atoms with Gasteiger partial charge in [0.25, 0.3) is 5.91 Å². The molecule has 6 nitrogen and oxygen atoms in total. The van der Waals surface area contributed by atoms with E-state index in [0.29, 0.717) is 31.6 Å². The Labute approximate surface area is 132 Å². The van der Waals surface area contributed by atoms with Crippen LogP contribution in [-0.2, 0) is 14.4 Å². The predicted molar refractivity (Wildman–Crippen MR) is 79.7 cm³/mol. The molecule has 1 aromatic carbocycles. The van der Waals surface area contributed by atoms with E-state index in [1.54, 1.807) is 12.1 Å². The molecule has 122 valence electrons. The lowest BCUT2D eigenvalue weighted by Gasteiger charge is -2.29. The molecule has 0 aliphatic carbocycles. The predicted octanol–water partition coefficient (Wildman–Crippen LogP) is 1.18. The molecule has 1 N–H and O–H groups in total. The van der Waals surface area contributed by atoms with Gasteiger partial charge >= 0.3 is 0 Å². The normalized spacial score (nSPS) is 22.0. The lowest BCUT2D eigenvalue weighted by atomic mass is 10.1. The second-order valence-electron chi connectivity index (χ2n) is 5.70. The molecule has 2 saturated heterocycles. The highest BCUT2D eigenvalue weighted by molar-refractivity contribution is 5.99. The number of imide groups is 1.